The number of hydrogen-bond acceptors (Lipinski definition) is 3. The highest BCUT2D eigenvalue weighted by Gasteiger charge is 2.24. The maximum absolute atomic E-state index is 12.9. The molecule has 5 heteroatoms. The van der Waals surface area contributed by atoms with Crippen molar-refractivity contribution in [2.75, 3.05) is 11.9 Å². The summed E-state index contributed by atoms with van der Waals surface area (Å²) in [5.74, 6) is 0.168. The van der Waals surface area contributed by atoms with E-state index < -0.39 is 5.91 Å². The van der Waals surface area contributed by atoms with Crippen LogP contribution in [0.15, 0.2) is 53.5 Å². The number of ether oxygens (including phenoxy) is 1. The molecule has 4 rings (SSSR count). The Hall–Kier alpha value is -3.08. The van der Waals surface area contributed by atoms with Gasteiger partial charge in [-0.05, 0) is 44.0 Å². The molecule has 132 valence electrons. The zero-order chi connectivity index (χ0) is 18.3. The zero-order valence-corrected chi connectivity index (χ0v) is 14.8. The number of benzene rings is 2. The van der Waals surface area contributed by atoms with Gasteiger partial charge in [-0.1, -0.05) is 24.3 Å². The van der Waals surface area contributed by atoms with Gasteiger partial charge in [-0.3, -0.25) is 9.59 Å². The minimum Gasteiger partial charge on any atom is -0.492 e. The molecule has 0 spiro atoms. The summed E-state index contributed by atoms with van der Waals surface area (Å²) >= 11 is 0. The van der Waals surface area contributed by atoms with Crippen LogP contribution < -0.4 is 15.5 Å². The standard InChI is InChI=1S/C21H20N2O3/c1-3-26-18-10-5-4-9-17(18)22-21(25)16-12-23-13(2)11-14-7-6-8-15(19(14)23)20(16)24/h4-10,12-13H,3,11H2,1-2H3,(H,22,25)/t13-/m0/s1. The first-order valence-corrected chi connectivity index (χ1v) is 8.80. The molecule has 1 N–H and O–H groups in total. The van der Waals surface area contributed by atoms with Crippen molar-refractivity contribution in [2.45, 2.75) is 26.3 Å². The fourth-order valence-corrected chi connectivity index (χ4v) is 3.62. The molecule has 1 aliphatic rings. The van der Waals surface area contributed by atoms with Crippen LogP contribution in [0.3, 0.4) is 0 Å². The van der Waals surface area contributed by atoms with E-state index in [0.717, 1.165) is 17.5 Å². The molecule has 1 atom stereocenters. The van der Waals surface area contributed by atoms with Crippen LogP contribution >= 0.6 is 0 Å². The SMILES string of the molecule is CCOc1ccccc1NC(=O)c1cn2c3c(cccc3c1=O)C[C@@H]2C. The van der Waals surface area contributed by atoms with E-state index in [4.69, 9.17) is 4.74 Å². The lowest BCUT2D eigenvalue weighted by Crippen LogP contribution is -2.24. The molecule has 1 aliphatic heterocycles. The number of carbonyl (C=O) groups is 1. The van der Waals surface area contributed by atoms with Crippen molar-refractivity contribution in [1.29, 1.82) is 0 Å². The summed E-state index contributed by atoms with van der Waals surface area (Å²) in [4.78, 5) is 25.8. The molecule has 0 radical (unpaired) electrons. The molecule has 26 heavy (non-hydrogen) atoms. The number of carbonyl (C=O) groups excluding carboxylic acids is 1. The Kier molecular flexibility index (Phi) is 3.99. The van der Waals surface area contributed by atoms with Crippen molar-refractivity contribution in [3.05, 3.63) is 70.0 Å². The van der Waals surface area contributed by atoms with E-state index in [9.17, 15) is 9.59 Å². The quantitative estimate of drug-likeness (QED) is 0.781. The Balaban J connectivity index is 1.78. The number of rotatable bonds is 4. The summed E-state index contributed by atoms with van der Waals surface area (Å²) in [7, 11) is 0. The highest BCUT2D eigenvalue weighted by Crippen LogP contribution is 2.31. The smallest absolute Gasteiger partial charge is 0.261 e. The fraction of sp³-hybridized carbons (Fsp3) is 0.238. The number of aromatic nitrogens is 1. The maximum atomic E-state index is 12.9. The first-order valence-electron chi connectivity index (χ1n) is 8.80. The average molecular weight is 348 g/mol. The molecular weight excluding hydrogens is 328 g/mol. The Morgan fingerprint density at radius 3 is 2.85 bits per heavy atom. The molecule has 0 aliphatic carbocycles. The molecule has 1 amide bonds. The van der Waals surface area contributed by atoms with Gasteiger partial charge in [0.25, 0.3) is 5.91 Å². The monoisotopic (exact) mass is 348 g/mol. The van der Waals surface area contributed by atoms with Gasteiger partial charge in [0.1, 0.15) is 11.3 Å². The maximum Gasteiger partial charge on any atom is 0.261 e. The van der Waals surface area contributed by atoms with E-state index in [-0.39, 0.29) is 17.0 Å². The Morgan fingerprint density at radius 2 is 2.04 bits per heavy atom. The molecule has 0 saturated heterocycles. The Bertz CT molecular complexity index is 1070. The first-order chi connectivity index (χ1) is 12.6. The summed E-state index contributed by atoms with van der Waals surface area (Å²) in [5.41, 5.74) is 2.56. The summed E-state index contributed by atoms with van der Waals surface area (Å²) in [5, 5.41) is 3.42. The van der Waals surface area contributed by atoms with Crippen molar-refractivity contribution < 1.29 is 9.53 Å². The van der Waals surface area contributed by atoms with Crippen molar-refractivity contribution >= 4 is 22.5 Å². The van der Waals surface area contributed by atoms with Crippen LogP contribution in [0.1, 0.15) is 35.8 Å². The minimum atomic E-state index is -0.419. The van der Waals surface area contributed by atoms with E-state index in [0.29, 0.717) is 23.4 Å². The van der Waals surface area contributed by atoms with E-state index in [1.807, 2.05) is 35.8 Å². The third-order valence-corrected chi connectivity index (χ3v) is 4.81. The van der Waals surface area contributed by atoms with E-state index in [1.54, 1.807) is 24.4 Å². The molecule has 0 bridgehead atoms. The van der Waals surface area contributed by atoms with Gasteiger partial charge >= 0.3 is 0 Å². The highest BCUT2D eigenvalue weighted by molar-refractivity contribution is 6.06. The van der Waals surface area contributed by atoms with Gasteiger partial charge < -0.3 is 14.6 Å². The van der Waals surface area contributed by atoms with Gasteiger partial charge in [-0.2, -0.15) is 0 Å². The average Bonchev–Trinajstić information content (AvgIpc) is 2.96. The largest absolute Gasteiger partial charge is 0.492 e. The molecular formula is C21H20N2O3. The van der Waals surface area contributed by atoms with E-state index >= 15 is 0 Å². The third-order valence-electron chi connectivity index (χ3n) is 4.81. The number of hydrogen-bond donors (Lipinski definition) is 1. The number of para-hydroxylation sites is 3. The highest BCUT2D eigenvalue weighted by atomic mass is 16.5. The lowest BCUT2D eigenvalue weighted by molar-refractivity contribution is 0.102. The Morgan fingerprint density at radius 1 is 1.23 bits per heavy atom. The fourth-order valence-electron chi connectivity index (χ4n) is 3.62. The third kappa shape index (κ3) is 2.56. The van der Waals surface area contributed by atoms with Gasteiger partial charge in [0.2, 0.25) is 5.43 Å². The van der Waals surface area contributed by atoms with Crippen molar-refractivity contribution in [2.24, 2.45) is 0 Å². The number of amides is 1. The lowest BCUT2D eigenvalue weighted by Gasteiger charge is -2.14. The van der Waals surface area contributed by atoms with Crippen LogP contribution in [0.2, 0.25) is 0 Å². The van der Waals surface area contributed by atoms with Crippen LogP contribution in [0.4, 0.5) is 5.69 Å². The summed E-state index contributed by atoms with van der Waals surface area (Å²) in [6.07, 6.45) is 2.56. The van der Waals surface area contributed by atoms with E-state index in [1.165, 1.54) is 0 Å². The summed E-state index contributed by atoms with van der Waals surface area (Å²) < 4.78 is 7.58. The lowest BCUT2D eigenvalue weighted by atomic mass is 10.1. The predicted molar refractivity (Wildman–Crippen MR) is 102 cm³/mol. The van der Waals surface area contributed by atoms with Gasteiger partial charge in [-0.15, -0.1) is 0 Å². The van der Waals surface area contributed by atoms with Crippen LogP contribution in [-0.4, -0.2) is 17.1 Å². The predicted octanol–water partition coefficient (Wildman–Crippen LogP) is 3.77. The zero-order valence-electron chi connectivity index (χ0n) is 14.8. The summed E-state index contributed by atoms with van der Waals surface area (Å²) in [6.45, 7) is 4.47. The van der Waals surface area contributed by atoms with Gasteiger partial charge in [-0.25, -0.2) is 0 Å². The molecule has 0 unspecified atom stereocenters. The molecule has 2 heterocycles. The van der Waals surface area contributed by atoms with Gasteiger partial charge in [0, 0.05) is 17.6 Å². The first kappa shape index (κ1) is 16.4. The molecule has 1 aromatic heterocycles. The number of nitrogens with zero attached hydrogens (tertiary/aromatic N) is 1. The number of pyridine rings is 1. The normalized spacial score (nSPS) is 15.2. The van der Waals surface area contributed by atoms with Crippen molar-refractivity contribution in [3.63, 3.8) is 0 Å². The topological polar surface area (TPSA) is 60.3 Å². The van der Waals surface area contributed by atoms with Crippen LogP contribution in [0.5, 0.6) is 5.75 Å². The second-order valence-electron chi connectivity index (χ2n) is 6.53. The van der Waals surface area contributed by atoms with E-state index in [2.05, 4.69) is 12.2 Å². The molecule has 3 aromatic rings. The molecule has 2 aromatic carbocycles. The van der Waals surface area contributed by atoms with Crippen LogP contribution in [0.25, 0.3) is 10.9 Å². The minimum absolute atomic E-state index is 0.148. The number of nitrogens with one attached hydrogen (secondary N) is 1. The molecule has 0 saturated carbocycles. The summed E-state index contributed by atoms with van der Waals surface area (Å²) in [6, 6.07) is 13.2. The second kappa shape index (κ2) is 6.33. The molecule has 0 fully saturated rings. The van der Waals surface area contributed by atoms with Crippen LogP contribution in [-0.2, 0) is 6.42 Å². The van der Waals surface area contributed by atoms with Crippen LogP contribution in [0, 0.1) is 0 Å². The second-order valence-corrected chi connectivity index (χ2v) is 6.53. The van der Waals surface area contributed by atoms with Crippen molar-refractivity contribution in [3.8, 4) is 5.75 Å². The number of anilines is 1. The van der Waals surface area contributed by atoms with Gasteiger partial charge in [0.05, 0.1) is 17.8 Å². The van der Waals surface area contributed by atoms with Crippen molar-refractivity contribution in [1.82, 2.24) is 4.57 Å². The molecule has 5 nitrogen and oxygen atoms in total. The van der Waals surface area contributed by atoms with Gasteiger partial charge in [0.15, 0.2) is 0 Å². The Labute approximate surface area is 151 Å².